The summed E-state index contributed by atoms with van der Waals surface area (Å²) in [5, 5.41) is 11.0. The van der Waals surface area contributed by atoms with Crippen LogP contribution in [0.15, 0.2) is 12.2 Å². The Bertz CT molecular complexity index is 1000. The molecule has 1 saturated heterocycles. The van der Waals surface area contributed by atoms with Gasteiger partial charge in [-0.25, -0.2) is 4.79 Å². The summed E-state index contributed by atoms with van der Waals surface area (Å²) in [6.45, 7) is 12.6. The van der Waals surface area contributed by atoms with E-state index in [1.807, 2.05) is 0 Å². The van der Waals surface area contributed by atoms with Gasteiger partial charge in [0.15, 0.2) is 0 Å². The second-order valence-corrected chi connectivity index (χ2v) is 14.8. The SMILES string of the molecule is COC(=O)OCC1CC(C)C2C(O1)C1C=CC13C1CCC4C(C)(C)C(O)CCC45C(C)C15CCC23C. The van der Waals surface area contributed by atoms with Gasteiger partial charge in [0.1, 0.15) is 6.61 Å². The summed E-state index contributed by atoms with van der Waals surface area (Å²) in [6, 6.07) is 0. The number of carbonyl (C=O) groups excluding carboxylic acids is 1. The molecule has 0 bridgehead atoms. The molecular formula is C31H46O5. The van der Waals surface area contributed by atoms with Crippen LogP contribution in [-0.2, 0) is 14.2 Å². The predicted molar refractivity (Wildman–Crippen MR) is 136 cm³/mol. The zero-order chi connectivity index (χ0) is 25.5. The van der Waals surface area contributed by atoms with E-state index >= 15 is 0 Å². The molecule has 0 amide bonds. The molecule has 6 fully saturated rings. The third kappa shape index (κ3) is 2.33. The molecule has 5 nitrogen and oxygen atoms in total. The number of rotatable bonds is 2. The van der Waals surface area contributed by atoms with Crippen molar-refractivity contribution in [3.05, 3.63) is 12.2 Å². The Morgan fingerprint density at radius 3 is 2.47 bits per heavy atom. The molecule has 3 spiro atoms. The third-order valence-corrected chi connectivity index (χ3v) is 14.3. The summed E-state index contributed by atoms with van der Waals surface area (Å²) in [5.41, 5.74) is 1.36. The topological polar surface area (TPSA) is 65.0 Å². The van der Waals surface area contributed by atoms with Crippen LogP contribution in [0.5, 0.6) is 0 Å². The minimum Gasteiger partial charge on any atom is -0.438 e. The van der Waals surface area contributed by atoms with Gasteiger partial charge >= 0.3 is 6.16 Å². The molecule has 1 heterocycles. The van der Waals surface area contributed by atoms with Crippen LogP contribution >= 0.6 is 0 Å². The van der Waals surface area contributed by atoms with Gasteiger partial charge in [-0.15, -0.1) is 0 Å². The number of ether oxygens (including phenoxy) is 3. The van der Waals surface area contributed by atoms with E-state index in [1.165, 1.54) is 39.2 Å². The smallest absolute Gasteiger partial charge is 0.438 e. The third-order valence-electron chi connectivity index (χ3n) is 14.3. The second kappa shape index (κ2) is 7.11. The molecule has 0 aromatic carbocycles. The molecule has 13 atom stereocenters. The molecule has 7 aliphatic rings. The Morgan fingerprint density at radius 2 is 1.78 bits per heavy atom. The van der Waals surface area contributed by atoms with Gasteiger partial charge in [-0.2, -0.15) is 0 Å². The molecule has 1 N–H and O–H groups in total. The Hall–Kier alpha value is -1.07. The van der Waals surface area contributed by atoms with Gasteiger partial charge in [-0.1, -0.05) is 46.8 Å². The van der Waals surface area contributed by atoms with Crippen molar-refractivity contribution in [1.29, 1.82) is 0 Å². The molecule has 200 valence electrons. The van der Waals surface area contributed by atoms with Crippen LogP contribution in [0.4, 0.5) is 4.79 Å². The number of aliphatic hydroxyl groups excluding tert-OH is 1. The van der Waals surface area contributed by atoms with Crippen molar-refractivity contribution in [3.63, 3.8) is 0 Å². The Kier molecular flexibility index (Phi) is 4.74. The Labute approximate surface area is 216 Å². The number of hydrogen-bond donors (Lipinski definition) is 1. The fraction of sp³-hybridized carbons (Fsp3) is 0.903. The minimum atomic E-state index is -0.618. The average Bonchev–Trinajstić information content (AvgIpc) is 3.30. The zero-order valence-corrected chi connectivity index (χ0v) is 23.1. The van der Waals surface area contributed by atoms with E-state index in [2.05, 4.69) is 46.8 Å². The molecule has 5 heteroatoms. The van der Waals surface area contributed by atoms with Gasteiger partial charge in [0, 0.05) is 11.3 Å². The molecule has 13 unspecified atom stereocenters. The maximum absolute atomic E-state index is 11.6. The average molecular weight is 499 g/mol. The highest BCUT2D eigenvalue weighted by molar-refractivity contribution is 5.59. The number of fused-ring (bicyclic) bond motifs is 3. The quantitative estimate of drug-likeness (QED) is 0.374. The number of allylic oxidation sites excluding steroid dienone is 1. The van der Waals surface area contributed by atoms with E-state index in [4.69, 9.17) is 14.2 Å². The molecule has 1 aliphatic heterocycles. The fourth-order valence-corrected chi connectivity index (χ4v) is 13.0. The fourth-order valence-electron chi connectivity index (χ4n) is 13.0. The monoisotopic (exact) mass is 498 g/mol. The lowest BCUT2D eigenvalue weighted by atomic mass is 9.38. The van der Waals surface area contributed by atoms with Crippen molar-refractivity contribution in [2.75, 3.05) is 13.7 Å². The molecule has 5 saturated carbocycles. The van der Waals surface area contributed by atoms with Gasteiger partial charge < -0.3 is 19.3 Å². The maximum Gasteiger partial charge on any atom is 0.508 e. The predicted octanol–water partition coefficient (Wildman–Crippen LogP) is 5.99. The van der Waals surface area contributed by atoms with E-state index in [9.17, 15) is 9.90 Å². The summed E-state index contributed by atoms with van der Waals surface area (Å²) < 4.78 is 16.9. The first-order chi connectivity index (χ1) is 17.0. The van der Waals surface area contributed by atoms with E-state index < -0.39 is 6.16 Å². The minimum absolute atomic E-state index is 0.0163. The Morgan fingerprint density at radius 1 is 1.06 bits per heavy atom. The van der Waals surface area contributed by atoms with Gasteiger partial charge in [-0.3, -0.25) is 0 Å². The molecule has 6 aliphatic carbocycles. The van der Waals surface area contributed by atoms with Gasteiger partial charge in [0.05, 0.1) is 25.4 Å². The number of aliphatic hydroxyl groups is 1. The van der Waals surface area contributed by atoms with Crippen LogP contribution in [0.25, 0.3) is 0 Å². The number of carbonyl (C=O) groups is 1. The van der Waals surface area contributed by atoms with E-state index in [1.54, 1.807) is 0 Å². The van der Waals surface area contributed by atoms with Crippen LogP contribution in [0, 0.1) is 62.6 Å². The molecular weight excluding hydrogens is 452 g/mol. The van der Waals surface area contributed by atoms with Crippen LogP contribution in [0.3, 0.4) is 0 Å². The van der Waals surface area contributed by atoms with Crippen LogP contribution < -0.4 is 0 Å². The number of hydrogen-bond acceptors (Lipinski definition) is 5. The van der Waals surface area contributed by atoms with Crippen molar-refractivity contribution < 1.29 is 24.1 Å². The molecule has 36 heavy (non-hydrogen) atoms. The van der Waals surface area contributed by atoms with Crippen LogP contribution in [-0.4, -0.2) is 43.3 Å². The summed E-state index contributed by atoms with van der Waals surface area (Å²) in [6.07, 6.45) is 12.9. The largest absolute Gasteiger partial charge is 0.508 e. The second-order valence-electron chi connectivity index (χ2n) is 14.8. The molecule has 0 aromatic heterocycles. The Balaban J connectivity index is 1.24. The van der Waals surface area contributed by atoms with Crippen molar-refractivity contribution in [2.45, 2.75) is 97.9 Å². The summed E-state index contributed by atoms with van der Waals surface area (Å²) in [4.78, 5) is 11.6. The first kappa shape index (κ1) is 24.0. The first-order valence-electron chi connectivity index (χ1n) is 14.8. The van der Waals surface area contributed by atoms with E-state index in [0.29, 0.717) is 34.5 Å². The van der Waals surface area contributed by atoms with Crippen LogP contribution in [0.1, 0.15) is 79.6 Å². The van der Waals surface area contributed by atoms with Crippen molar-refractivity contribution >= 4 is 6.16 Å². The summed E-state index contributed by atoms with van der Waals surface area (Å²) in [7, 11) is 1.36. The van der Waals surface area contributed by atoms with Crippen molar-refractivity contribution in [3.8, 4) is 0 Å². The van der Waals surface area contributed by atoms with Crippen LogP contribution in [0.2, 0.25) is 0 Å². The highest BCUT2D eigenvalue weighted by atomic mass is 16.7. The molecule has 0 radical (unpaired) electrons. The van der Waals surface area contributed by atoms with Crippen molar-refractivity contribution in [2.24, 2.45) is 62.6 Å². The lowest BCUT2D eigenvalue weighted by molar-refractivity contribution is -0.164. The normalized spacial score (nSPS) is 59.1. The lowest BCUT2D eigenvalue weighted by Gasteiger charge is -2.66. The summed E-state index contributed by atoms with van der Waals surface area (Å²) >= 11 is 0. The summed E-state index contributed by atoms with van der Waals surface area (Å²) in [5.74, 6) is 3.69. The lowest BCUT2D eigenvalue weighted by Crippen LogP contribution is -2.60. The molecule has 7 rings (SSSR count). The highest BCUT2D eigenvalue weighted by Crippen LogP contribution is 2.93. The van der Waals surface area contributed by atoms with E-state index in [-0.39, 0.29) is 41.2 Å². The van der Waals surface area contributed by atoms with Gasteiger partial charge in [0.25, 0.3) is 0 Å². The van der Waals surface area contributed by atoms with Gasteiger partial charge in [0.2, 0.25) is 0 Å². The standard InChI is InChI=1S/C31H46O5/c1-17-15-19(16-35-26(33)34-6)36-25-20-9-11-31(20)22-8-7-21-27(3,4)23(32)10-12-29(21)18(2)30(22,29)14-13-28(31,5)24(17)25/h9,11,17-25,32H,7-8,10,12-16H2,1-6H3. The number of methoxy groups -OCH3 is 1. The van der Waals surface area contributed by atoms with Crippen molar-refractivity contribution in [1.82, 2.24) is 0 Å². The molecule has 0 aromatic rings. The highest BCUT2D eigenvalue weighted by Gasteiger charge is 2.88. The van der Waals surface area contributed by atoms with E-state index in [0.717, 1.165) is 24.7 Å². The van der Waals surface area contributed by atoms with Gasteiger partial charge in [-0.05, 0) is 96.2 Å². The maximum atomic E-state index is 11.6. The first-order valence-corrected chi connectivity index (χ1v) is 14.8. The zero-order valence-electron chi connectivity index (χ0n) is 23.1.